The lowest BCUT2D eigenvalue weighted by molar-refractivity contribution is -0.0999. The fourth-order valence-electron chi connectivity index (χ4n) is 3.73. The summed E-state index contributed by atoms with van der Waals surface area (Å²) in [4.78, 5) is 0. The molecule has 0 fully saturated rings. The number of hydrogen-bond donors (Lipinski definition) is 6. The molecule has 4 atom stereocenters. The number of allylic oxidation sites excluding steroid dienone is 2. The Morgan fingerprint density at radius 2 is 0.906 bits per heavy atom. The highest BCUT2D eigenvalue weighted by Gasteiger charge is 2.36. The second-order valence-electron chi connectivity index (χ2n) is 8.39. The van der Waals surface area contributed by atoms with Crippen molar-refractivity contribution in [3.05, 3.63) is 81.3 Å². The molecule has 0 saturated carbocycles. The molecule has 4 unspecified atom stereocenters. The van der Waals surface area contributed by atoms with Gasteiger partial charge < -0.3 is 30.6 Å². The number of benzene rings is 2. The first kappa shape index (κ1) is 25.6. The topological polar surface area (TPSA) is 121 Å². The second-order valence-corrected chi connectivity index (χ2v) is 8.39. The van der Waals surface area contributed by atoms with Crippen LogP contribution in [-0.4, -0.2) is 55.1 Å². The fraction of sp³-hybridized carbons (Fsp3) is 0.385. The first-order chi connectivity index (χ1) is 14.9. The molecule has 0 aliphatic rings. The van der Waals surface area contributed by atoms with Crippen molar-refractivity contribution in [2.24, 2.45) is 0 Å². The van der Waals surface area contributed by atoms with Gasteiger partial charge in [-0.3, -0.25) is 0 Å². The van der Waals surface area contributed by atoms with Crippen LogP contribution in [0.1, 0.15) is 47.2 Å². The first-order valence-electron chi connectivity index (χ1n) is 10.5. The van der Waals surface area contributed by atoms with Crippen molar-refractivity contribution in [3.63, 3.8) is 0 Å². The lowest BCUT2D eigenvalue weighted by Crippen LogP contribution is -2.46. The summed E-state index contributed by atoms with van der Waals surface area (Å²) >= 11 is 0. The molecule has 0 saturated heterocycles. The molecule has 6 N–H and O–H groups in total. The van der Waals surface area contributed by atoms with E-state index in [2.05, 4.69) is 0 Å². The van der Waals surface area contributed by atoms with E-state index in [1.807, 2.05) is 52.0 Å². The quantitative estimate of drug-likeness (QED) is 0.364. The van der Waals surface area contributed by atoms with Crippen LogP contribution in [-0.2, 0) is 0 Å². The van der Waals surface area contributed by atoms with Crippen LogP contribution in [0.15, 0.2) is 47.9 Å². The first-order valence-corrected chi connectivity index (χ1v) is 10.5. The number of aryl methyl sites for hydroxylation is 2. The Balaban J connectivity index is 2.32. The van der Waals surface area contributed by atoms with Crippen molar-refractivity contribution in [2.45, 2.75) is 66.0 Å². The molecule has 0 heterocycles. The normalized spacial score (nSPS) is 17.2. The molecule has 2 aromatic carbocycles. The second kappa shape index (κ2) is 10.3. The molecule has 2 aromatic rings. The van der Waals surface area contributed by atoms with Gasteiger partial charge in [-0.2, -0.15) is 0 Å². The zero-order valence-corrected chi connectivity index (χ0v) is 19.5. The van der Waals surface area contributed by atoms with Crippen LogP contribution >= 0.6 is 0 Å². The standard InChI is InChI=1S/C26H34O6/c1-13-9-7-11-19(15(13)3)17(5)21(27)23(29)25(31)26(32)24(30)22(28)18(6)20-12-8-10-14(2)16(20)4/h7-12,23-32H,1-6H3. The van der Waals surface area contributed by atoms with Crippen molar-refractivity contribution in [1.29, 1.82) is 0 Å². The molecule has 0 radical (unpaired) electrons. The average molecular weight is 443 g/mol. The highest BCUT2D eigenvalue weighted by Crippen LogP contribution is 2.28. The Labute approximate surface area is 189 Å². The molecule has 6 heteroatoms. The van der Waals surface area contributed by atoms with Gasteiger partial charge in [0.05, 0.1) is 0 Å². The Hall–Kier alpha value is -2.64. The summed E-state index contributed by atoms with van der Waals surface area (Å²) in [5, 5.41) is 63.0. The van der Waals surface area contributed by atoms with Gasteiger partial charge in [0.2, 0.25) is 0 Å². The van der Waals surface area contributed by atoms with E-state index >= 15 is 0 Å². The predicted molar refractivity (Wildman–Crippen MR) is 126 cm³/mol. The number of aliphatic hydroxyl groups is 6. The Kier molecular flexibility index (Phi) is 8.26. The molecular weight excluding hydrogens is 408 g/mol. The Bertz CT molecular complexity index is 953. The van der Waals surface area contributed by atoms with Crippen molar-refractivity contribution in [2.75, 3.05) is 0 Å². The molecule has 2 rings (SSSR count). The van der Waals surface area contributed by atoms with E-state index in [-0.39, 0.29) is 0 Å². The predicted octanol–water partition coefficient (Wildman–Crippen LogP) is 3.64. The fourth-order valence-corrected chi connectivity index (χ4v) is 3.73. The molecule has 0 amide bonds. The largest absolute Gasteiger partial charge is 0.509 e. The van der Waals surface area contributed by atoms with Gasteiger partial charge in [0.25, 0.3) is 0 Å². The SMILES string of the molecule is CC(=C(O)C(O)C(O)C(O)C(O)C(O)=C(C)c1cccc(C)c1C)c1cccc(C)c1C. The lowest BCUT2D eigenvalue weighted by Gasteiger charge is -2.27. The van der Waals surface area contributed by atoms with E-state index in [9.17, 15) is 30.6 Å². The zero-order valence-electron chi connectivity index (χ0n) is 19.5. The van der Waals surface area contributed by atoms with E-state index < -0.39 is 35.9 Å². The van der Waals surface area contributed by atoms with Crippen LogP contribution in [0.5, 0.6) is 0 Å². The van der Waals surface area contributed by atoms with Gasteiger partial charge in [-0.15, -0.1) is 0 Å². The van der Waals surface area contributed by atoms with Crippen LogP contribution in [0.4, 0.5) is 0 Å². The molecule has 0 bridgehead atoms. The number of aliphatic hydroxyl groups excluding tert-OH is 6. The van der Waals surface area contributed by atoms with E-state index in [0.717, 1.165) is 22.3 Å². The molecular formula is C26H34O6. The summed E-state index contributed by atoms with van der Waals surface area (Å²) in [5.74, 6) is -1.04. The summed E-state index contributed by atoms with van der Waals surface area (Å²) in [5.41, 5.74) is 5.87. The highest BCUT2D eigenvalue weighted by molar-refractivity contribution is 5.70. The lowest BCUT2D eigenvalue weighted by atomic mass is 9.91. The minimum Gasteiger partial charge on any atom is -0.509 e. The van der Waals surface area contributed by atoms with Crippen molar-refractivity contribution in [3.8, 4) is 0 Å². The average Bonchev–Trinajstić information content (AvgIpc) is 2.78. The smallest absolute Gasteiger partial charge is 0.139 e. The van der Waals surface area contributed by atoms with Gasteiger partial charge in [0.1, 0.15) is 35.9 Å². The molecule has 0 spiro atoms. The summed E-state index contributed by atoms with van der Waals surface area (Å²) in [6.45, 7) is 10.8. The van der Waals surface area contributed by atoms with Gasteiger partial charge in [-0.05, 0) is 86.1 Å². The van der Waals surface area contributed by atoms with Gasteiger partial charge in [-0.25, -0.2) is 0 Å². The molecule has 0 aliphatic carbocycles. The van der Waals surface area contributed by atoms with Crippen molar-refractivity contribution < 1.29 is 30.6 Å². The van der Waals surface area contributed by atoms with Gasteiger partial charge in [0, 0.05) is 0 Å². The minimum atomic E-state index is -1.95. The number of rotatable bonds is 7. The monoisotopic (exact) mass is 442 g/mol. The summed E-state index contributed by atoms with van der Waals surface area (Å²) < 4.78 is 0. The minimum absolute atomic E-state index is 0.339. The Morgan fingerprint density at radius 3 is 1.22 bits per heavy atom. The Morgan fingerprint density at radius 1 is 0.594 bits per heavy atom. The van der Waals surface area contributed by atoms with Crippen molar-refractivity contribution in [1.82, 2.24) is 0 Å². The van der Waals surface area contributed by atoms with Gasteiger partial charge in [-0.1, -0.05) is 36.4 Å². The third-order valence-corrected chi connectivity index (χ3v) is 6.34. The third kappa shape index (κ3) is 5.05. The van der Waals surface area contributed by atoms with E-state index in [0.29, 0.717) is 22.3 Å². The summed E-state index contributed by atoms with van der Waals surface area (Å²) in [7, 11) is 0. The molecule has 0 aliphatic heterocycles. The van der Waals surface area contributed by atoms with Crippen LogP contribution < -0.4 is 0 Å². The third-order valence-electron chi connectivity index (χ3n) is 6.34. The van der Waals surface area contributed by atoms with Crippen molar-refractivity contribution >= 4 is 11.1 Å². The van der Waals surface area contributed by atoms with Gasteiger partial charge >= 0.3 is 0 Å². The summed E-state index contributed by atoms with van der Waals surface area (Å²) in [6, 6.07) is 11.0. The van der Waals surface area contributed by atoms with E-state index in [4.69, 9.17) is 0 Å². The van der Waals surface area contributed by atoms with Gasteiger partial charge in [0.15, 0.2) is 0 Å². The number of hydrogen-bond acceptors (Lipinski definition) is 6. The maximum Gasteiger partial charge on any atom is 0.139 e. The van der Waals surface area contributed by atoms with E-state index in [1.165, 1.54) is 0 Å². The van der Waals surface area contributed by atoms with Crippen LogP contribution in [0.3, 0.4) is 0 Å². The maximum absolute atomic E-state index is 10.6. The molecule has 6 nitrogen and oxygen atoms in total. The van der Waals surface area contributed by atoms with Crippen LogP contribution in [0.2, 0.25) is 0 Å². The van der Waals surface area contributed by atoms with Crippen LogP contribution in [0, 0.1) is 27.7 Å². The zero-order chi connectivity index (χ0) is 24.3. The molecule has 0 aromatic heterocycles. The molecule has 174 valence electrons. The van der Waals surface area contributed by atoms with Crippen LogP contribution in [0.25, 0.3) is 11.1 Å². The molecule has 32 heavy (non-hydrogen) atoms. The summed E-state index contributed by atoms with van der Waals surface area (Å²) in [6.07, 6.45) is -7.63. The highest BCUT2D eigenvalue weighted by atomic mass is 16.4. The maximum atomic E-state index is 10.6. The van der Waals surface area contributed by atoms with E-state index in [1.54, 1.807) is 26.0 Å².